The van der Waals surface area contributed by atoms with Crippen molar-refractivity contribution in [3.8, 4) is 0 Å². The highest BCUT2D eigenvalue weighted by atomic mass is 19.2. The maximum atomic E-state index is 13.3. The van der Waals surface area contributed by atoms with E-state index < -0.39 is 11.6 Å². The molecule has 2 aromatic carbocycles. The smallest absolute Gasteiger partial charge is 0.243 e. The molecule has 4 N–H and O–H groups in total. The highest BCUT2D eigenvalue weighted by Crippen LogP contribution is 2.22. The fourth-order valence-electron chi connectivity index (χ4n) is 3.59. The van der Waals surface area contributed by atoms with Crippen molar-refractivity contribution in [2.45, 2.75) is 20.0 Å². The zero-order valence-corrected chi connectivity index (χ0v) is 17.5. The lowest BCUT2D eigenvalue weighted by Gasteiger charge is -2.34. The summed E-state index contributed by atoms with van der Waals surface area (Å²) in [6, 6.07) is 8.99. The summed E-state index contributed by atoms with van der Waals surface area (Å²) in [6.45, 7) is 5.35. The second kappa shape index (κ2) is 10.3. The summed E-state index contributed by atoms with van der Waals surface area (Å²) in [6.07, 6.45) is 0. The van der Waals surface area contributed by atoms with Crippen LogP contribution in [0.4, 0.5) is 20.2 Å². The fourth-order valence-corrected chi connectivity index (χ4v) is 3.59. The topological polar surface area (TPSA) is 90.7 Å². The number of hydrogen-bond donors (Lipinski definition) is 3. The number of nitrogens with two attached hydrogens (primary N) is 1. The first-order chi connectivity index (χ1) is 14.9. The second-order valence-electron chi connectivity index (χ2n) is 7.46. The summed E-state index contributed by atoms with van der Waals surface area (Å²) < 4.78 is 26.3. The highest BCUT2D eigenvalue weighted by Gasteiger charge is 2.20. The van der Waals surface area contributed by atoms with Crippen LogP contribution in [0.15, 0.2) is 36.4 Å². The van der Waals surface area contributed by atoms with Crippen LogP contribution in [0.3, 0.4) is 0 Å². The third-order valence-corrected chi connectivity index (χ3v) is 5.34. The van der Waals surface area contributed by atoms with Crippen LogP contribution >= 0.6 is 0 Å². The molecule has 1 fully saturated rings. The van der Waals surface area contributed by atoms with Gasteiger partial charge in [0, 0.05) is 63.6 Å². The van der Waals surface area contributed by atoms with Crippen molar-refractivity contribution in [3.63, 3.8) is 0 Å². The summed E-state index contributed by atoms with van der Waals surface area (Å²) in [5.74, 6) is -2.16. The van der Waals surface area contributed by atoms with Gasteiger partial charge in [-0.25, -0.2) is 8.78 Å². The largest absolute Gasteiger partial charge is 0.376 e. The van der Waals surface area contributed by atoms with Crippen molar-refractivity contribution < 1.29 is 18.4 Å². The Labute approximate surface area is 180 Å². The Morgan fingerprint density at radius 3 is 2.45 bits per heavy atom. The number of carbonyl (C=O) groups is 2. The van der Waals surface area contributed by atoms with E-state index in [4.69, 9.17) is 5.73 Å². The molecule has 0 saturated carbocycles. The van der Waals surface area contributed by atoms with Gasteiger partial charge in [0.05, 0.1) is 6.54 Å². The maximum Gasteiger partial charge on any atom is 0.243 e. The van der Waals surface area contributed by atoms with Crippen LogP contribution < -0.4 is 16.4 Å². The summed E-state index contributed by atoms with van der Waals surface area (Å²) >= 11 is 0. The zero-order valence-electron chi connectivity index (χ0n) is 17.5. The van der Waals surface area contributed by atoms with E-state index in [1.807, 2.05) is 17.0 Å². The monoisotopic (exact) mass is 431 g/mol. The molecule has 166 valence electrons. The predicted octanol–water partition coefficient (Wildman–Crippen LogP) is 2.14. The summed E-state index contributed by atoms with van der Waals surface area (Å²) in [5, 5.41) is 5.61. The number of anilines is 2. The van der Waals surface area contributed by atoms with Crippen molar-refractivity contribution in [1.82, 2.24) is 9.80 Å². The molecule has 1 aliphatic heterocycles. The van der Waals surface area contributed by atoms with Gasteiger partial charge >= 0.3 is 0 Å². The molecule has 0 unspecified atom stereocenters. The Hall–Kier alpha value is -3.04. The Kier molecular flexibility index (Phi) is 7.54. The molecule has 2 aromatic rings. The van der Waals surface area contributed by atoms with Crippen molar-refractivity contribution >= 4 is 23.2 Å². The minimum atomic E-state index is -0.979. The molecule has 9 heteroatoms. The van der Waals surface area contributed by atoms with Gasteiger partial charge in [0.2, 0.25) is 11.8 Å². The first kappa shape index (κ1) is 22.6. The van der Waals surface area contributed by atoms with Gasteiger partial charge in [-0.15, -0.1) is 0 Å². The quantitative estimate of drug-likeness (QED) is 0.625. The van der Waals surface area contributed by atoms with Crippen molar-refractivity contribution in [2.24, 2.45) is 5.73 Å². The van der Waals surface area contributed by atoms with Crippen LogP contribution in [-0.2, 0) is 22.7 Å². The van der Waals surface area contributed by atoms with E-state index in [-0.39, 0.29) is 24.9 Å². The Morgan fingerprint density at radius 2 is 1.81 bits per heavy atom. The molecule has 7 nitrogen and oxygen atoms in total. The first-order valence-corrected chi connectivity index (χ1v) is 10.1. The van der Waals surface area contributed by atoms with Crippen LogP contribution in [0, 0.1) is 11.6 Å². The zero-order chi connectivity index (χ0) is 22.4. The van der Waals surface area contributed by atoms with Crippen molar-refractivity contribution in [1.29, 1.82) is 0 Å². The molecule has 0 atom stereocenters. The van der Waals surface area contributed by atoms with Crippen LogP contribution in [0.25, 0.3) is 0 Å². The number of hydrogen-bond acceptors (Lipinski definition) is 5. The van der Waals surface area contributed by atoms with Crippen molar-refractivity contribution in [3.05, 3.63) is 59.2 Å². The van der Waals surface area contributed by atoms with Crippen LogP contribution in [-0.4, -0.2) is 54.3 Å². The summed E-state index contributed by atoms with van der Waals surface area (Å²) in [4.78, 5) is 28.0. The van der Waals surface area contributed by atoms with Gasteiger partial charge in [-0.05, 0) is 29.3 Å². The van der Waals surface area contributed by atoms with E-state index in [0.29, 0.717) is 31.0 Å². The van der Waals surface area contributed by atoms with Gasteiger partial charge in [-0.3, -0.25) is 14.5 Å². The van der Waals surface area contributed by atoms with E-state index in [2.05, 4.69) is 15.5 Å². The van der Waals surface area contributed by atoms with Crippen LogP contribution in [0.1, 0.15) is 18.1 Å². The van der Waals surface area contributed by atoms with Gasteiger partial charge in [0.15, 0.2) is 11.6 Å². The first-order valence-electron chi connectivity index (χ1n) is 10.1. The van der Waals surface area contributed by atoms with Gasteiger partial charge in [-0.2, -0.15) is 0 Å². The third-order valence-electron chi connectivity index (χ3n) is 5.34. The maximum absolute atomic E-state index is 13.3. The molecule has 1 aliphatic rings. The SMILES string of the molecule is CC(=O)N1CCN(Cc2cccc(NC(=O)CNc3ccc(F)c(F)c3)c2CN)CC1. The lowest BCUT2D eigenvalue weighted by molar-refractivity contribution is -0.130. The van der Waals surface area contributed by atoms with E-state index >= 15 is 0 Å². The number of nitrogens with zero attached hydrogens (tertiary/aromatic N) is 2. The second-order valence-corrected chi connectivity index (χ2v) is 7.46. The number of halogens is 2. The number of carbonyl (C=O) groups excluding carboxylic acids is 2. The normalized spacial score (nSPS) is 14.4. The Morgan fingerprint density at radius 1 is 1.06 bits per heavy atom. The summed E-state index contributed by atoms with van der Waals surface area (Å²) in [5.41, 5.74) is 8.77. The van der Waals surface area contributed by atoms with Crippen molar-refractivity contribution in [2.75, 3.05) is 43.4 Å². The van der Waals surface area contributed by atoms with Gasteiger partial charge < -0.3 is 21.3 Å². The average molecular weight is 431 g/mol. The molecule has 3 rings (SSSR count). The molecule has 2 amide bonds. The fraction of sp³-hybridized carbons (Fsp3) is 0.364. The van der Waals surface area contributed by atoms with Gasteiger partial charge in [-0.1, -0.05) is 12.1 Å². The molecule has 0 spiro atoms. The van der Waals surface area contributed by atoms with Crippen LogP contribution in [0.2, 0.25) is 0 Å². The number of rotatable bonds is 7. The Bertz CT molecular complexity index is 945. The van der Waals surface area contributed by atoms with Crippen LogP contribution in [0.5, 0.6) is 0 Å². The molecule has 1 saturated heterocycles. The highest BCUT2D eigenvalue weighted by molar-refractivity contribution is 5.94. The number of benzene rings is 2. The molecule has 0 aromatic heterocycles. The molecular formula is C22H27F2N5O2. The third kappa shape index (κ3) is 5.99. The minimum Gasteiger partial charge on any atom is -0.376 e. The molecule has 0 radical (unpaired) electrons. The van der Waals surface area contributed by atoms with E-state index in [9.17, 15) is 18.4 Å². The molecule has 1 heterocycles. The number of nitrogens with one attached hydrogen (secondary N) is 2. The minimum absolute atomic E-state index is 0.0870. The molecule has 0 aliphatic carbocycles. The molecule has 31 heavy (non-hydrogen) atoms. The van der Waals surface area contributed by atoms with Gasteiger partial charge in [0.1, 0.15) is 0 Å². The van der Waals surface area contributed by atoms with E-state index in [1.54, 1.807) is 13.0 Å². The molecular weight excluding hydrogens is 404 g/mol. The number of amides is 2. The molecule has 0 bridgehead atoms. The van der Waals surface area contributed by atoms with Gasteiger partial charge in [0.25, 0.3) is 0 Å². The van der Waals surface area contributed by atoms with E-state index in [1.165, 1.54) is 6.07 Å². The standard InChI is InChI=1S/C22H27F2N5O2/c1-15(30)29-9-7-28(8-10-29)14-16-3-2-4-21(18(16)12-25)27-22(31)13-26-17-5-6-19(23)20(24)11-17/h2-6,11,26H,7-10,12-14,25H2,1H3,(H,27,31). The van der Waals surface area contributed by atoms with E-state index in [0.717, 1.165) is 36.3 Å². The lowest BCUT2D eigenvalue weighted by Crippen LogP contribution is -2.47. The predicted molar refractivity (Wildman–Crippen MR) is 115 cm³/mol. The lowest BCUT2D eigenvalue weighted by atomic mass is 10.0. The average Bonchev–Trinajstić information content (AvgIpc) is 2.75. The summed E-state index contributed by atoms with van der Waals surface area (Å²) in [7, 11) is 0. The Balaban J connectivity index is 1.60. The number of piperazine rings is 1.